The molecule has 1 atom stereocenters. The van der Waals surface area contributed by atoms with E-state index in [1.807, 2.05) is 18.5 Å². The van der Waals surface area contributed by atoms with Gasteiger partial charge >= 0.3 is 0 Å². The van der Waals surface area contributed by atoms with Gasteiger partial charge in [-0.25, -0.2) is 0 Å². The van der Waals surface area contributed by atoms with Crippen LogP contribution in [0.2, 0.25) is 0 Å². The predicted molar refractivity (Wildman–Crippen MR) is 82.7 cm³/mol. The van der Waals surface area contributed by atoms with Gasteiger partial charge in [-0.05, 0) is 37.1 Å². The first-order chi connectivity index (χ1) is 10.4. The number of benzene rings is 1. The second-order valence-electron chi connectivity index (χ2n) is 5.63. The van der Waals surface area contributed by atoms with Crippen molar-refractivity contribution in [2.75, 3.05) is 6.54 Å². The lowest BCUT2D eigenvalue weighted by Crippen LogP contribution is -2.23. The van der Waals surface area contributed by atoms with Crippen LogP contribution in [-0.2, 0) is 6.54 Å². The molecule has 1 unspecified atom stereocenters. The van der Waals surface area contributed by atoms with Crippen LogP contribution in [-0.4, -0.2) is 26.6 Å². The van der Waals surface area contributed by atoms with E-state index in [0.29, 0.717) is 6.04 Å². The summed E-state index contributed by atoms with van der Waals surface area (Å²) in [4.78, 5) is 7.09. The molecule has 0 spiro atoms. The van der Waals surface area contributed by atoms with Crippen LogP contribution >= 0.6 is 0 Å². The van der Waals surface area contributed by atoms with Crippen molar-refractivity contribution in [2.24, 2.45) is 0 Å². The Morgan fingerprint density at radius 1 is 1.14 bits per heavy atom. The molecule has 0 bridgehead atoms. The summed E-state index contributed by atoms with van der Waals surface area (Å²) in [6.45, 7) is 2.07. The summed E-state index contributed by atoms with van der Waals surface area (Å²) >= 11 is 0. The lowest BCUT2D eigenvalue weighted by atomic mass is 10.1. The molecule has 21 heavy (non-hydrogen) atoms. The van der Waals surface area contributed by atoms with E-state index in [4.69, 9.17) is 0 Å². The third-order valence-electron chi connectivity index (χ3n) is 4.33. The number of nitrogens with zero attached hydrogens (tertiary/aromatic N) is 3. The Hall–Kier alpha value is -2.20. The lowest BCUT2D eigenvalue weighted by molar-refractivity contribution is 0.245. The van der Waals surface area contributed by atoms with Gasteiger partial charge in [0.2, 0.25) is 0 Å². The van der Waals surface area contributed by atoms with Crippen LogP contribution in [0.4, 0.5) is 0 Å². The van der Waals surface area contributed by atoms with Gasteiger partial charge in [-0.2, -0.15) is 5.10 Å². The van der Waals surface area contributed by atoms with Gasteiger partial charge < -0.3 is 0 Å². The fraction of sp³-hybridized carbons (Fsp3) is 0.294. The Morgan fingerprint density at radius 2 is 2.10 bits per heavy atom. The predicted octanol–water partition coefficient (Wildman–Crippen LogP) is 3.30. The monoisotopic (exact) mass is 278 g/mol. The van der Waals surface area contributed by atoms with E-state index in [1.165, 1.54) is 29.5 Å². The number of aromatic nitrogens is 3. The molecule has 0 amide bonds. The molecule has 1 aliphatic heterocycles. The molecule has 1 fully saturated rings. The standard InChI is InChI=1S/C17H18N4/c1-4-13-6-2-9-18-17(13)14(5-1)12-21-11-3-7-16(21)15-8-10-19-20-15/h1-2,4-6,8-10,16H,3,7,11-12H2,(H,19,20). The Balaban J connectivity index is 1.65. The Kier molecular flexibility index (Phi) is 3.16. The Labute approximate surface area is 123 Å². The van der Waals surface area contributed by atoms with E-state index in [-0.39, 0.29) is 0 Å². The molecule has 3 aromatic rings. The van der Waals surface area contributed by atoms with Crippen molar-refractivity contribution in [2.45, 2.75) is 25.4 Å². The Morgan fingerprint density at radius 3 is 3.00 bits per heavy atom. The number of pyridine rings is 1. The summed E-state index contributed by atoms with van der Waals surface area (Å²) in [7, 11) is 0. The molecule has 1 aromatic carbocycles. The van der Waals surface area contributed by atoms with Crippen LogP contribution in [0.1, 0.15) is 30.1 Å². The fourth-order valence-electron chi connectivity index (χ4n) is 3.33. The van der Waals surface area contributed by atoms with E-state index in [1.54, 1.807) is 0 Å². The first kappa shape index (κ1) is 12.5. The molecule has 2 aromatic heterocycles. The molecule has 4 rings (SSSR count). The van der Waals surface area contributed by atoms with E-state index in [9.17, 15) is 0 Å². The van der Waals surface area contributed by atoms with Gasteiger partial charge in [-0.15, -0.1) is 0 Å². The molecule has 4 heteroatoms. The van der Waals surface area contributed by atoms with E-state index >= 15 is 0 Å². The maximum atomic E-state index is 4.56. The summed E-state index contributed by atoms with van der Waals surface area (Å²) in [6.07, 6.45) is 6.15. The number of nitrogens with one attached hydrogen (secondary N) is 1. The molecule has 1 N–H and O–H groups in total. The number of fused-ring (bicyclic) bond motifs is 1. The van der Waals surface area contributed by atoms with Crippen molar-refractivity contribution in [3.05, 3.63) is 60.0 Å². The quantitative estimate of drug-likeness (QED) is 0.799. The van der Waals surface area contributed by atoms with Crippen LogP contribution < -0.4 is 0 Å². The summed E-state index contributed by atoms with van der Waals surface area (Å²) < 4.78 is 0. The zero-order valence-electron chi connectivity index (χ0n) is 11.9. The average molecular weight is 278 g/mol. The minimum atomic E-state index is 0.450. The molecule has 1 saturated heterocycles. The third-order valence-corrected chi connectivity index (χ3v) is 4.33. The highest BCUT2D eigenvalue weighted by molar-refractivity contribution is 5.81. The second kappa shape index (κ2) is 5.30. The topological polar surface area (TPSA) is 44.8 Å². The number of likely N-dealkylation sites (tertiary alicyclic amines) is 1. The van der Waals surface area contributed by atoms with Crippen molar-refractivity contribution in [1.29, 1.82) is 0 Å². The minimum Gasteiger partial charge on any atom is -0.290 e. The normalized spacial score (nSPS) is 19.3. The van der Waals surface area contributed by atoms with Crippen molar-refractivity contribution < 1.29 is 0 Å². The van der Waals surface area contributed by atoms with Crippen molar-refractivity contribution in [3.8, 4) is 0 Å². The van der Waals surface area contributed by atoms with Crippen molar-refractivity contribution in [3.63, 3.8) is 0 Å². The molecule has 4 nitrogen and oxygen atoms in total. The summed E-state index contributed by atoms with van der Waals surface area (Å²) in [5.41, 5.74) is 3.65. The highest BCUT2D eigenvalue weighted by Crippen LogP contribution is 2.32. The van der Waals surface area contributed by atoms with Gasteiger partial charge in [0.15, 0.2) is 0 Å². The number of H-pyrrole nitrogens is 1. The molecule has 3 heterocycles. The summed E-state index contributed by atoms with van der Waals surface area (Å²) in [6, 6.07) is 13.1. The molecule has 0 saturated carbocycles. The molecular weight excluding hydrogens is 260 g/mol. The van der Waals surface area contributed by atoms with Crippen molar-refractivity contribution in [1.82, 2.24) is 20.1 Å². The van der Waals surface area contributed by atoms with Gasteiger partial charge in [-0.3, -0.25) is 15.0 Å². The van der Waals surface area contributed by atoms with Crippen molar-refractivity contribution >= 4 is 10.9 Å². The molecule has 106 valence electrons. The molecule has 0 aliphatic carbocycles. The van der Waals surface area contributed by atoms with E-state index in [2.05, 4.69) is 50.4 Å². The van der Waals surface area contributed by atoms with Crippen LogP contribution in [0.5, 0.6) is 0 Å². The van der Waals surface area contributed by atoms with Crippen LogP contribution in [0.15, 0.2) is 48.8 Å². The lowest BCUT2D eigenvalue weighted by Gasteiger charge is -2.23. The van der Waals surface area contributed by atoms with Gasteiger partial charge in [0.1, 0.15) is 0 Å². The largest absolute Gasteiger partial charge is 0.290 e. The van der Waals surface area contributed by atoms with Crippen LogP contribution in [0.3, 0.4) is 0 Å². The number of rotatable bonds is 3. The fourth-order valence-corrected chi connectivity index (χ4v) is 3.33. The average Bonchev–Trinajstić information content (AvgIpc) is 3.18. The maximum absolute atomic E-state index is 4.56. The third kappa shape index (κ3) is 2.32. The first-order valence-electron chi connectivity index (χ1n) is 7.48. The number of hydrogen-bond donors (Lipinski definition) is 1. The van der Waals surface area contributed by atoms with Gasteiger partial charge in [0.25, 0.3) is 0 Å². The maximum Gasteiger partial charge on any atom is 0.0746 e. The summed E-state index contributed by atoms with van der Waals surface area (Å²) in [5, 5.41) is 8.43. The molecule has 0 radical (unpaired) electrons. The van der Waals surface area contributed by atoms with Gasteiger partial charge in [-0.1, -0.05) is 24.3 Å². The molecular formula is C17H18N4. The second-order valence-corrected chi connectivity index (χ2v) is 5.63. The highest BCUT2D eigenvalue weighted by atomic mass is 15.2. The SMILES string of the molecule is c1cnc2c(CN3CCCC3c3ccn[nH]3)cccc2c1. The number of aromatic amines is 1. The highest BCUT2D eigenvalue weighted by Gasteiger charge is 2.27. The van der Waals surface area contributed by atoms with Crippen LogP contribution in [0.25, 0.3) is 10.9 Å². The van der Waals surface area contributed by atoms with E-state index < -0.39 is 0 Å². The zero-order chi connectivity index (χ0) is 14.1. The summed E-state index contributed by atoms with van der Waals surface area (Å²) in [5.74, 6) is 0. The van der Waals surface area contributed by atoms with E-state index in [0.717, 1.165) is 18.6 Å². The number of para-hydroxylation sites is 1. The van der Waals surface area contributed by atoms with Crippen LogP contribution in [0, 0.1) is 0 Å². The number of hydrogen-bond acceptors (Lipinski definition) is 3. The zero-order valence-corrected chi connectivity index (χ0v) is 11.9. The van der Waals surface area contributed by atoms with Gasteiger partial charge in [0, 0.05) is 24.3 Å². The minimum absolute atomic E-state index is 0.450. The smallest absolute Gasteiger partial charge is 0.0746 e. The Bertz CT molecular complexity index is 730. The molecule has 1 aliphatic rings. The first-order valence-corrected chi connectivity index (χ1v) is 7.48. The van der Waals surface area contributed by atoms with Gasteiger partial charge in [0.05, 0.1) is 17.3 Å².